The summed E-state index contributed by atoms with van der Waals surface area (Å²) >= 11 is 5.75. The van der Waals surface area contributed by atoms with Crippen LogP contribution in [-0.2, 0) is 11.7 Å². The topological polar surface area (TPSA) is 46.2 Å². The molecule has 0 aliphatic rings. The summed E-state index contributed by atoms with van der Waals surface area (Å²) in [7, 11) is 0. The monoisotopic (exact) mass is 253 g/mol. The first kappa shape index (κ1) is 13.3. The lowest BCUT2D eigenvalue weighted by Crippen LogP contribution is -2.37. The minimum Gasteiger partial charge on any atom is -0.394 e. The van der Waals surface area contributed by atoms with E-state index in [2.05, 4.69) is 0 Å². The van der Waals surface area contributed by atoms with E-state index in [0.717, 1.165) is 18.2 Å². The van der Waals surface area contributed by atoms with Crippen LogP contribution in [0, 0.1) is 0 Å². The van der Waals surface area contributed by atoms with Gasteiger partial charge in [0.25, 0.3) is 0 Å². The number of aliphatic hydroxyl groups is 1. The fourth-order valence-corrected chi connectivity index (χ4v) is 1.56. The molecular formula is C10H11ClF3NO. The van der Waals surface area contributed by atoms with Crippen LogP contribution < -0.4 is 5.73 Å². The third-order valence-corrected chi connectivity index (χ3v) is 2.57. The van der Waals surface area contributed by atoms with E-state index < -0.39 is 23.9 Å². The molecule has 0 heterocycles. The summed E-state index contributed by atoms with van der Waals surface area (Å²) in [5, 5.41) is 9.10. The van der Waals surface area contributed by atoms with Crippen LogP contribution >= 0.6 is 11.6 Å². The minimum absolute atomic E-state index is 0.0755. The zero-order chi connectivity index (χ0) is 12.6. The van der Waals surface area contributed by atoms with Gasteiger partial charge in [-0.2, -0.15) is 13.2 Å². The van der Waals surface area contributed by atoms with E-state index in [0.29, 0.717) is 0 Å². The van der Waals surface area contributed by atoms with Gasteiger partial charge < -0.3 is 10.8 Å². The largest absolute Gasteiger partial charge is 0.416 e. The molecule has 0 spiro atoms. The quantitative estimate of drug-likeness (QED) is 0.851. The van der Waals surface area contributed by atoms with Crippen LogP contribution in [0.25, 0.3) is 0 Å². The summed E-state index contributed by atoms with van der Waals surface area (Å²) in [6.45, 7) is 0.919. The van der Waals surface area contributed by atoms with Crippen molar-refractivity contribution in [2.75, 3.05) is 6.61 Å². The van der Waals surface area contributed by atoms with Crippen molar-refractivity contribution in [2.24, 2.45) is 5.73 Å². The molecule has 16 heavy (non-hydrogen) atoms. The predicted octanol–water partition coefficient (Wildman–Crippen LogP) is 2.53. The molecular weight excluding hydrogens is 243 g/mol. The Kier molecular flexibility index (Phi) is 3.52. The summed E-state index contributed by atoms with van der Waals surface area (Å²) in [6, 6.07) is 2.86. The van der Waals surface area contributed by atoms with Gasteiger partial charge in [0.2, 0.25) is 0 Å². The highest BCUT2D eigenvalue weighted by molar-refractivity contribution is 6.31. The fourth-order valence-electron chi connectivity index (χ4n) is 1.22. The molecule has 6 heteroatoms. The number of nitrogens with two attached hydrogens (primary N) is 1. The highest BCUT2D eigenvalue weighted by Crippen LogP contribution is 2.34. The minimum atomic E-state index is -4.45. The summed E-state index contributed by atoms with van der Waals surface area (Å²) in [6.07, 6.45) is -4.45. The van der Waals surface area contributed by atoms with Crippen molar-refractivity contribution in [3.8, 4) is 0 Å². The second-order valence-corrected chi connectivity index (χ2v) is 4.18. The standard InChI is InChI=1S/C10H11ClF3NO/c1-9(15,5-16)7-4-6(10(12,13)14)2-3-8(7)11/h2-4,16H,5,15H2,1H3. The molecule has 0 aromatic heterocycles. The molecule has 3 N–H and O–H groups in total. The van der Waals surface area contributed by atoms with Gasteiger partial charge in [-0.25, -0.2) is 0 Å². The maximum absolute atomic E-state index is 12.4. The number of rotatable bonds is 2. The molecule has 0 radical (unpaired) electrons. The van der Waals surface area contributed by atoms with Crippen LogP contribution in [0.15, 0.2) is 18.2 Å². The molecule has 0 aliphatic heterocycles. The number of benzene rings is 1. The van der Waals surface area contributed by atoms with Gasteiger partial charge in [-0.15, -0.1) is 0 Å². The summed E-state index contributed by atoms with van der Waals surface area (Å²) in [4.78, 5) is 0. The molecule has 0 saturated heterocycles. The average molecular weight is 254 g/mol. The van der Waals surface area contributed by atoms with Crippen LogP contribution in [0.2, 0.25) is 5.02 Å². The van der Waals surface area contributed by atoms with Gasteiger partial charge in [0.1, 0.15) is 0 Å². The summed E-state index contributed by atoms with van der Waals surface area (Å²) in [5.74, 6) is 0. The highest BCUT2D eigenvalue weighted by Gasteiger charge is 2.33. The van der Waals surface area contributed by atoms with Gasteiger partial charge in [0.15, 0.2) is 0 Å². The molecule has 1 rings (SSSR count). The Bertz CT molecular complexity index is 390. The van der Waals surface area contributed by atoms with Crippen LogP contribution in [0.4, 0.5) is 13.2 Å². The van der Waals surface area contributed by atoms with Gasteiger partial charge in [-0.1, -0.05) is 11.6 Å². The molecule has 90 valence electrons. The van der Waals surface area contributed by atoms with Gasteiger partial charge >= 0.3 is 6.18 Å². The van der Waals surface area contributed by atoms with Crippen molar-refractivity contribution < 1.29 is 18.3 Å². The molecule has 0 aliphatic carbocycles. The Morgan fingerprint density at radius 3 is 2.38 bits per heavy atom. The number of aliphatic hydroxyl groups excluding tert-OH is 1. The van der Waals surface area contributed by atoms with Crippen molar-refractivity contribution in [1.29, 1.82) is 0 Å². The molecule has 0 fully saturated rings. The maximum atomic E-state index is 12.4. The van der Waals surface area contributed by atoms with Crippen LogP contribution in [0.3, 0.4) is 0 Å². The number of hydrogen-bond acceptors (Lipinski definition) is 2. The highest BCUT2D eigenvalue weighted by atomic mass is 35.5. The second-order valence-electron chi connectivity index (χ2n) is 3.77. The normalized spacial score (nSPS) is 15.9. The first-order valence-electron chi connectivity index (χ1n) is 4.45. The van der Waals surface area contributed by atoms with Crippen molar-refractivity contribution >= 4 is 11.6 Å². The lowest BCUT2D eigenvalue weighted by molar-refractivity contribution is -0.137. The maximum Gasteiger partial charge on any atom is 0.416 e. The zero-order valence-electron chi connectivity index (χ0n) is 8.48. The third kappa shape index (κ3) is 2.66. The molecule has 1 aromatic carbocycles. The van der Waals surface area contributed by atoms with E-state index in [-0.39, 0.29) is 10.6 Å². The molecule has 0 amide bonds. The van der Waals surface area contributed by atoms with E-state index in [1.165, 1.54) is 6.92 Å². The SMILES string of the molecule is CC(N)(CO)c1cc(C(F)(F)F)ccc1Cl. The summed E-state index contributed by atoms with van der Waals surface area (Å²) < 4.78 is 37.3. The van der Waals surface area contributed by atoms with Gasteiger partial charge in [-0.3, -0.25) is 0 Å². The fraction of sp³-hybridized carbons (Fsp3) is 0.400. The molecule has 1 unspecified atom stereocenters. The first-order chi connectivity index (χ1) is 7.18. The Hall–Kier alpha value is -0.780. The molecule has 0 saturated carbocycles. The van der Waals surface area contributed by atoms with Crippen LogP contribution in [0.1, 0.15) is 18.1 Å². The van der Waals surface area contributed by atoms with E-state index >= 15 is 0 Å². The molecule has 1 atom stereocenters. The third-order valence-electron chi connectivity index (χ3n) is 2.24. The van der Waals surface area contributed by atoms with Crippen molar-refractivity contribution in [2.45, 2.75) is 18.6 Å². The Morgan fingerprint density at radius 1 is 1.38 bits per heavy atom. The molecule has 0 bridgehead atoms. The van der Waals surface area contributed by atoms with Gasteiger partial charge in [-0.05, 0) is 30.7 Å². The average Bonchev–Trinajstić information content (AvgIpc) is 2.16. The van der Waals surface area contributed by atoms with Crippen LogP contribution in [-0.4, -0.2) is 11.7 Å². The van der Waals surface area contributed by atoms with Crippen molar-refractivity contribution in [1.82, 2.24) is 0 Å². The number of alkyl halides is 3. The van der Waals surface area contributed by atoms with Crippen molar-refractivity contribution in [3.05, 3.63) is 34.3 Å². The van der Waals surface area contributed by atoms with Crippen LogP contribution in [0.5, 0.6) is 0 Å². The van der Waals surface area contributed by atoms with E-state index in [1.807, 2.05) is 0 Å². The van der Waals surface area contributed by atoms with Gasteiger partial charge in [0.05, 0.1) is 17.7 Å². The lowest BCUT2D eigenvalue weighted by Gasteiger charge is -2.24. The lowest BCUT2D eigenvalue weighted by atomic mass is 9.92. The molecule has 2 nitrogen and oxygen atoms in total. The second kappa shape index (κ2) is 4.24. The Balaban J connectivity index is 3.30. The molecule has 1 aromatic rings. The van der Waals surface area contributed by atoms with Crippen molar-refractivity contribution in [3.63, 3.8) is 0 Å². The van der Waals surface area contributed by atoms with E-state index in [1.54, 1.807) is 0 Å². The summed E-state index contributed by atoms with van der Waals surface area (Å²) in [5.41, 5.74) is 3.59. The number of hydrogen-bond donors (Lipinski definition) is 2. The zero-order valence-corrected chi connectivity index (χ0v) is 9.23. The van der Waals surface area contributed by atoms with E-state index in [9.17, 15) is 13.2 Å². The Morgan fingerprint density at radius 2 is 1.94 bits per heavy atom. The van der Waals surface area contributed by atoms with E-state index in [4.69, 9.17) is 22.4 Å². The predicted molar refractivity (Wildman–Crippen MR) is 55.1 cm³/mol. The Labute approximate surface area is 95.8 Å². The number of halogens is 4. The smallest absolute Gasteiger partial charge is 0.394 e. The first-order valence-corrected chi connectivity index (χ1v) is 4.83. The van der Waals surface area contributed by atoms with Gasteiger partial charge in [0, 0.05) is 5.02 Å².